The van der Waals surface area contributed by atoms with Gasteiger partial charge in [-0.25, -0.2) is 4.79 Å². The quantitative estimate of drug-likeness (QED) is 0.0378. The molecule has 0 bridgehead atoms. The Morgan fingerprint density at radius 2 is 0.929 bits per heavy atom. The van der Waals surface area contributed by atoms with Crippen molar-refractivity contribution in [1.29, 1.82) is 0 Å². The third kappa shape index (κ3) is 20.4. The molecule has 388 valence electrons. The van der Waals surface area contributed by atoms with Crippen molar-refractivity contribution in [1.82, 2.24) is 37.2 Å². The van der Waals surface area contributed by atoms with Crippen molar-refractivity contribution in [3.8, 4) is 11.5 Å². The zero-order valence-electron chi connectivity index (χ0n) is 40.5. The lowest BCUT2D eigenvalue weighted by Gasteiger charge is -2.29. The highest BCUT2D eigenvalue weighted by Crippen LogP contribution is 2.15. The van der Waals surface area contributed by atoms with Crippen molar-refractivity contribution in [2.45, 2.75) is 135 Å². The van der Waals surface area contributed by atoms with Gasteiger partial charge in [0.15, 0.2) is 0 Å². The number of carbonyl (C=O) groups excluding carboxylic acids is 8. The van der Waals surface area contributed by atoms with E-state index in [0.717, 1.165) is 0 Å². The number of carbonyl (C=O) groups is 9. The van der Waals surface area contributed by atoms with Crippen LogP contribution in [0.15, 0.2) is 48.5 Å². The number of amides is 8. The number of aliphatic hydroxyl groups is 1. The largest absolute Gasteiger partial charge is 0.508 e. The first-order valence-corrected chi connectivity index (χ1v) is 23.1. The van der Waals surface area contributed by atoms with E-state index in [1.165, 1.54) is 48.5 Å². The van der Waals surface area contributed by atoms with Gasteiger partial charge in [0.25, 0.3) is 0 Å². The van der Waals surface area contributed by atoms with E-state index >= 15 is 0 Å². The van der Waals surface area contributed by atoms with Crippen LogP contribution in [-0.4, -0.2) is 135 Å². The predicted octanol–water partition coefficient (Wildman–Crippen LogP) is -1.96. The standard InChI is InChI=1S/C47H72N10O13/c1-24(2)19-31(49)40(62)52-35(22-37(50)61)43(65)53-34(21-28-12-16-30(60)17-13-28)44(66)56-38(25(3)4)46(68)54-33(20-27-10-14-29(59)15-11-27)42(64)55-36(23-58)45(67)51-32(9-7-8-18-48)41(63)57-39(26(5)6)47(69)70/h10-17,24-26,31-36,38-39,58-60H,7-9,18-23,48-49H2,1-6H3,(H2,50,61)(H,51,67)(H,52,62)(H,53,65)(H,54,68)(H,55,64)(H,56,66)(H,57,63)(H,69,70)/t31-,32-,33-,34-,35-,36-,38-,39-/m0/s1. The summed E-state index contributed by atoms with van der Waals surface area (Å²) in [6, 6.07) is -0.0493. The molecular formula is C47H72N10O13. The molecule has 70 heavy (non-hydrogen) atoms. The Hall–Kier alpha value is -6.85. The number of primary amides is 1. The van der Waals surface area contributed by atoms with Crippen LogP contribution in [0.25, 0.3) is 0 Å². The number of nitrogens with two attached hydrogens (primary N) is 3. The Balaban J connectivity index is 2.47. The van der Waals surface area contributed by atoms with Crippen LogP contribution in [0.4, 0.5) is 0 Å². The zero-order valence-corrected chi connectivity index (χ0v) is 40.5. The number of rotatable bonds is 30. The Morgan fingerprint density at radius 3 is 1.37 bits per heavy atom. The number of aliphatic carboxylic acids is 1. The Kier molecular flexibility index (Phi) is 24.8. The molecule has 23 heteroatoms. The molecule has 23 nitrogen and oxygen atoms in total. The molecule has 0 heterocycles. The first kappa shape index (κ1) is 59.3. The summed E-state index contributed by atoms with van der Waals surface area (Å²) in [4.78, 5) is 120. The topological polar surface area (TPSA) is 397 Å². The molecule has 0 saturated heterocycles. The molecule has 0 spiro atoms. The van der Waals surface area contributed by atoms with E-state index in [4.69, 9.17) is 17.2 Å². The summed E-state index contributed by atoms with van der Waals surface area (Å²) < 4.78 is 0. The van der Waals surface area contributed by atoms with Crippen LogP contribution in [-0.2, 0) is 56.0 Å². The fraction of sp³-hybridized carbons (Fsp3) is 0.553. The van der Waals surface area contributed by atoms with Gasteiger partial charge in [0.2, 0.25) is 47.3 Å². The van der Waals surface area contributed by atoms with Gasteiger partial charge in [-0.3, -0.25) is 38.4 Å². The number of benzene rings is 2. The number of phenols is 2. The molecule has 2 aromatic carbocycles. The van der Waals surface area contributed by atoms with E-state index in [-0.39, 0.29) is 49.6 Å². The van der Waals surface area contributed by atoms with E-state index in [1.807, 2.05) is 13.8 Å². The molecule has 0 fully saturated rings. The minimum atomic E-state index is -1.70. The van der Waals surface area contributed by atoms with Crippen molar-refractivity contribution in [3.05, 3.63) is 59.7 Å². The second-order valence-electron chi connectivity index (χ2n) is 18.2. The van der Waals surface area contributed by atoms with Crippen molar-refractivity contribution in [2.24, 2.45) is 35.0 Å². The number of phenolic OH excluding ortho intramolecular Hbond substituents is 2. The molecule has 2 aromatic rings. The van der Waals surface area contributed by atoms with Crippen LogP contribution >= 0.6 is 0 Å². The summed E-state index contributed by atoms with van der Waals surface area (Å²) >= 11 is 0. The second kappa shape index (κ2) is 29.2. The van der Waals surface area contributed by atoms with Crippen LogP contribution in [0.2, 0.25) is 0 Å². The maximum Gasteiger partial charge on any atom is 0.326 e. The normalized spacial score (nSPS) is 14.7. The SMILES string of the molecule is CC(C)C[C@H](N)C(=O)N[C@@H](CC(N)=O)C(=O)N[C@@H](Cc1ccc(O)cc1)C(=O)N[C@H](C(=O)N[C@@H](Cc1ccc(O)cc1)C(=O)N[C@@H](CO)C(=O)N[C@@H](CCCCN)C(=O)N[C@H](C(=O)O)C(C)C)C(C)C. The number of carboxylic acid groups (broad SMARTS) is 1. The number of aromatic hydroxyl groups is 2. The third-order valence-corrected chi connectivity index (χ3v) is 11.0. The van der Waals surface area contributed by atoms with Crippen molar-refractivity contribution >= 4 is 53.2 Å². The first-order valence-electron chi connectivity index (χ1n) is 23.1. The Labute approximate surface area is 407 Å². The third-order valence-electron chi connectivity index (χ3n) is 11.0. The number of hydrogen-bond acceptors (Lipinski definition) is 14. The van der Waals surface area contributed by atoms with Crippen molar-refractivity contribution in [3.63, 3.8) is 0 Å². The molecule has 8 amide bonds. The molecule has 0 aliphatic heterocycles. The molecule has 0 unspecified atom stereocenters. The highest BCUT2D eigenvalue weighted by Gasteiger charge is 2.36. The van der Waals surface area contributed by atoms with Gasteiger partial charge in [0, 0.05) is 12.8 Å². The summed E-state index contributed by atoms with van der Waals surface area (Å²) in [5, 5.41) is 57.2. The average molecular weight is 985 g/mol. The Bertz CT molecular complexity index is 2090. The molecule has 0 saturated carbocycles. The summed E-state index contributed by atoms with van der Waals surface area (Å²) in [6.45, 7) is 9.28. The monoisotopic (exact) mass is 985 g/mol. The molecule has 2 rings (SSSR count). The number of unbranched alkanes of at least 4 members (excludes halogenated alkanes) is 1. The Morgan fingerprint density at radius 1 is 0.529 bits per heavy atom. The predicted molar refractivity (Wildman–Crippen MR) is 256 cm³/mol. The summed E-state index contributed by atoms with van der Waals surface area (Å²) in [7, 11) is 0. The average Bonchev–Trinajstić information content (AvgIpc) is 3.28. The zero-order chi connectivity index (χ0) is 52.8. The van der Waals surface area contributed by atoms with E-state index in [1.54, 1.807) is 27.7 Å². The molecule has 0 radical (unpaired) electrons. The molecule has 0 aromatic heterocycles. The highest BCUT2D eigenvalue weighted by molar-refractivity contribution is 5.98. The fourth-order valence-corrected chi connectivity index (χ4v) is 7.05. The van der Waals surface area contributed by atoms with Gasteiger partial charge in [0.1, 0.15) is 53.8 Å². The first-order chi connectivity index (χ1) is 32.9. The summed E-state index contributed by atoms with van der Waals surface area (Å²) in [5.74, 6) is -10.0. The van der Waals surface area contributed by atoms with Crippen LogP contribution in [0.1, 0.15) is 84.8 Å². The highest BCUT2D eigenvalue weighted by atomic mass is 16.4. The lowest BCUT2D eigenvalue weighted by molar-refractivity contribution is -0.143. The molecular weight excluding hydrogens is 913 g/mol. The van der Waals surface area contributed by atoms with Gasteiger partial charge < -0.3 is 74.8 Å². The number of carboxylic acids is 1. The van der Waals surface area contributed by atoms with E-state index < -0.39 is 126 Å². The lowest BCUT2D eigenvalue weighted by Crippen LogP contribution is -2.62. The number of nitrogens with one attached hydrogen (secondary N) is 7. The van der Waals surface area contributed by atoms with Gasteiger partial charge in [0.05, 0.1) is 19.1 Å². The molecule has 8 atom stereocenters. The lowest BCUT2D eigenvalue weighted by atomic mass is 9.99. The van der Waals surface area contributed by atoms with Crippen molar-refractivity contribution < 1.29 is 63.6 Å². The molecule has 0 aliphatic rings. The minimum absolute atomic E-state index is 0.0123. The van der Waals surface area contributed by atoms with Crippen LogP contribution < -0.4 is 54.4 Å². The van der Waals surface area contributed by atoms with E-state index in [2.05, 4.69) is 37.2 Å². The minimum Gasteiger partial charge on any atom is -0.508 e. The summed E-state index contributed by atoms with van der Waals surface area (Å²) in [5.41, 5.74) is 17.9. The number of aliphatic hydroxyl groups excluding tert-OH is 1. The van der Waals surface area contributed by atoms with Crippen LogP contribution in [0.5, 0.6) is 11.5 Å². The van der Waals surface area contributed by atoms with E-state index in [0.29, 0.717) is 24.0 Å². The van der Waals surface area contributed by atoms with Crippen LogP contribution in [0, 0.1) is 17.8 Å². The van der Waals surface area contributed by atoms with Gasteiger partial charge in [-0.1, -0.05) is 65.8 Å². The van der Waals surface area contributed by atoms with E-state index in [9.17, 15) is 63.6 Å². The fourth-order valence-electron chi connectivity index (χ4n) is 7.05. The molecule has 17 N–H and O–H groups in total. The maximum atomic E-state index is 14.2. The van der Waals surface area contributed by atoms with Crippen molar-refractivity contribution in [2.75, 3.05) is 13.2 Å². The van der Waals surface area contributed by atoms with Gasteiger partial charge in [-0.05, 0) is 85.4 Å². The smallest absolute Gasteiger partial charge is 0.326 e. The van der Waals surface area contributed by atoms with Gasteiger partial charge in [-0.2, -0.15) is 0 Å². The van der Waals surface area contributed by atoms with Gasteiger partial charge >= 0.3 is 5.97 Å². The molecule has 0 aliphatic carbocycles. The summed E-state index contributed by atoms with van der Waals surface area (Å²) in [6.07, 6.45) is -0.0341. The van der Waals surface area contributed by atoms with Crippen LogP contribution in [0.3, 0.4) is 0 Å². The van der Waals surface area contributed by atoms with Gasteiger partial charge in [-0.15, -0.1) is 0 Å². The number of hydrogen-bond donors (Lipinski definition) is 14. The second-order valence-corrected chi connectivity index (χ2v) is 18.2. The maximum absolute atomic E-state index is 14.2.